The number of carbonyl (C=O) groups is 2. The van der Waals surface area contributed by atoms with Crippen LogP contribution in [0.1, 0.15) is 47.5 Å². The van der Waals surface area contributed by atoms with Crippen molar-refractivity contribution in [1.82, 2.24) is 4.90 Å². The van der Waals surface area contributed by atoms with Gasteiger partial charge in [0.25, 0.3) is 5.91 Å². The Labute approximate surface area is 181 Å². The predicted molar refractivity (Wildman–Crippen MR) is 115 cm³/mol. The molecule has 3 fully saturated rings. The summed E-state index contributed by atoms with van der Waals surface area (Å²) >= 11 is 0. The van der Waals surface area contributed by atoms with E-state index in [1.165, 1.54) is 0 Å². The van der Waals surface area contributed by atoms with E-state index in [9.17, 15) is 14.7 Å². The molecule has 0 aromatic heterocycles. The first kappa shape index (κ1) is 20.1. The van der Waals surface area contributed by atoms with Gasteiger partial charge in [0.2, 0.25) is 0 Å². The van der Waals surface area contributed by atoms with Crippen LogP contribution in [0.15, 0.2) is 42.5 Å². The van der Waals surface area contributed by atoms with E-state index >= 15 is 0 Å². The van der Waals surface area contributed by atoms with Gasteiger partial charge in [-0.3, -0.25) is 4.79 Å². The van der Waals surface area contributed by atoms with E-state index < -0.39 is 5.97 Å². The molecule has 3 aliphatic rings. The van der Waals surface area contributed by atoms with Crippen LogP contribution in [0.3, 0.4) is 0 Å². The molecule has 162 valence electrons. The van der Waals surface area contributed by atoms with E-state index in [1.54, 1.807) is 13.2 Å². The van der Waals surface area contributed by atoms with Crippen molar-refractivity contribution >= 4 is 11.9 Å². The molecule has 0 bridgehead atoms. The second kappa shape index (κ2) is 7.68. The van der Waals surface area contributed by atoms with Gasteiger partial charge in [0.1, 0.15) is 11.9 Å². The van der Waals surface area contributed by atoms with Gasteiger partial charge in [-0.05, 0) is 60.3 Å². The number of hydrogen-bond donors (Lipinski definition) is 1. The maximum Gasteiger partial charge on any atom is 0.335 e. The monoisotopic (exact) mass is 421 g/mol. The predicted octanol–water partition coefficient (Wildman–Crippen LogP) is 3.95. The number of aromatic carboxylic acids is 1. The summed E-state index contributed by atoms with van der Waals surface area (Å²) in [4.78, 5) is 26.9. The lowest BCUT2D eigenvalue weighted by atomic mass is 9.91. The summed E-state index contributed by atoms with van der Waals surface area (Å²) in [5.74, 6) is -0.0317. The molecule has 0 radical (unpaired) electrons. The molecular formula is C25H27NO5. The minimum atomic E-state index is -0.929. The normalized spacial score (nSPS) is 26.9. The minimum absolute atomic E-state index is 0.0300. The highest BCUT2D eigenvalue weighted by atomic mass is 16.5. The number of benzene rings is 2. The molecule has 1 amide bonds. The molecule has 2 heterocycles. The summed E-state index contributed by atoms with van der Waals surface area (Å²) < 4.78 is 11.2. The van der Waals surface area contributed by atoms with Crippen LogP contribution in [0.2, 0.25) is 0 Å². The number of carboxylic acids is 1. The number of rotatable bonds is 5. The molecule has 1 saturated carbocycles. The van der Waals surface area contributed by atoms with Crippen LogP contribution < -0.4 is 4.74 Å². The molecule has 0 unspecified atom stereocenters. The van der Waals surface area contributed by atoms with Gasteiger partial charge in [-0.1, -0.05) is 30.3 Å². The van der Waals surface area contributed by atoms with Crippen molar-refractivity contribution in [2.75, 3.05) is 26.8 Å². The van der Waals surface area contributed by atoms with Crippen LogP contribution >= 0.6 is 0 Å². The molecule has 6 nitrogen and oxygen atoms in total. The third-order valence-corrected chi connectivity index (χ3v) is 7.15. The summed E-state index contributed by atoms with van der Waals surface area (Å²) in [7, 11) is 1.62. The Morgan fingerprint density at radius 2 is 2.03 bits per heavy atom. The summed E-state index contributed by atoms with van der Waals surface area (Å²) in [5, 5.41) is 9.97. The Kier molecular flexibility index (Phi) is 4.97. The zero-order valence-electron chi connectivity index (χ0n) is 17.7. The minimum Gasteiger partial charge on any atom is -0.496 e. The van der Waals surface area contributed by atoms with Crippen LogP contribution in [-0.2, 0) is 9.53 Å². The van der Waals surface area contributed by atoms with Gasteiger partial charge in [0, 0.05) is 25.3 Å². The average molecular weight is 421 g/mol. The van der Waals surface area contributed by atoms with Gasteiger partial charge in [-0.2, -0.15) is 0 Å². The fraction of sp³-hybridized carbons (Fsp3) is 0.440. The van der Waals surface area contributed by atoms with Crippen LogP contribution in [0.4, 0.5) is 0 Å². The molecule has 1 N–H and O–H groups in total. The first-order valence-corrected chi connectivity index (χ1v) is 10.9. The topological polar surface area (TPSA) is 76.1 Å². The fourth-order valence-electron chi connectivity index (χ4n) is 5.38. The van der Waals surface area contributed by atoms with Crippen LogP contribution in [-0.4, -0.2) is 54.8 Å². The van der Waals surface area contributed by atoms with Crippen molar-refractivity contribution in [3.05, 3.63) is 53.6 Å². The lowest BCUT2D eigenvalue weighted by Gasteiger charge is -2.20. The third kappa shape index (κ3) is 3.49. The van der Waals surface area contributed by atoms with Crippen molar-refractivity contribution in [2.45, 2.75) is 37.7 Å². The van der Waals surface area contributed by atoms with Crippen LogP contribution in [0.5, 0.6) is 5.75 Å². The number of methoxy groups -OCH3 is 1. The average Bonchev–Trinajstić information content (AvgIpc) is 3.14. The summed E-state index contributed by atoms with van der Waals surface area (Å²) in [6.45, 7) is 2.06. The van der Waals surface area contributed by atoms with Crippen molar-refractivity contribution < 1.29 is 24.2 Å². The van der Waals surface area contributed by atoms with Crippen LogP contribution in [0, 0.1) is 5.41 Å². The Morgan fingerprint density at radius 3 is 2.71 bits per heavy atom. The number of carboxylic acid groups (broad SMARTS) is 1. The first-order chi connectivity index (χ1) is 15.0. The van der Waals surface area contributed by atoms with Gasteiger partial charge in [-0.15, -0.1) is 0 Å². The number of amides is 1. The van der Waals surface area contributed by atoms with E-state index in [4.69, 9.17) is 9.47 Å². The highest BCUT2D eigenvalue weighted by Gasteiger charge is 2.59. The van der Waals surface area contributed by atoms with E-state index in [-0.39, 0.29) is 23.3 Å². The lowest BCUT2D eigenvalue weighted by molar-refractivity contribution is -0.140. The summed E-state index contributed by atoms with van der Waals surface area (Å²) in [6.07, 6.45) is 3.24. The molecule has 2 saturated heterocycles. The zero-order valence-corrected chi connectivity index (χ0v) is 17.7. The SMILES string of the molecule is COc1cc([C@@H]2C[C@@]23CCN(C(=O)[C@H]2CCCO2)C3)c(C(=O)O)cc1-c1ccccc1. The zero-order chi connectivity index (χ0) is 21.6. The fourth-order valence-corrected chi connectivity index (χ4v) is 5.38. The van der Waals surface area contributed by atoms with Crippen molar-refractivity contribution in [1.29, 1.82) is 0 Å². The van der Waals surface area contributed by atoms with Gasteiger partial charge in [0.15, 0.2) is 0 Å². The van der Waals surface area contributed by atoms with E-state index in [2.05, 4.69) is 0 Å². The van der Waals surface area contributed by atoms with Crippen molar-refractivity contribution in [3.8, 4) is 16.9 Å². The number of hydrogen-bond acceptors (Lipinski definition) is 4. The van der Waals surface area contributed by atoms with Crippen molar-refractivity contribution in [3.63, 3.8) is 0 Å². The largest absolute Gasteiger partial charge is 0.496 e. The number of ether oxygens (including phenoxy) is 2. The molecule has 1 spiro atoms. The second-order valence-electron chi connectivity index (χ2n) is 8.94. The highest BCUT2D eigenvalue weighted by molar-refractivity contribution is 5.93. The Hall–Kier alpha value is -2.86. The molecule has 3 atom stereocenters. The quantitative estimate of drug-likeness (QED) is 0.791. The first-order valence-electron chi connectivity index (χ1n) is 10.9. The smallest absolute Gasteiger partial charge is 0.335 e. The summed E-state index contributed by atoms with van der Waals surface area (Å²) in [6, 6.07) is 13.3. The van der Waals surface area contributed by atoms with Gasteiger partial charge < -0.3 is 19.5 Å². The lowest BCUT2D eigenvalue weighted by Crippen LogP contribution is -2.37. The molecule has 5 rings (SSSR count). The maximum atomic E-state index is 12.8. The maximum absolute atomic E-state index is 12.8. The second-order valence-corrected chi connectivity index (χ2v) is 8.94. The Morgan fingerprint density at radius 1 is 1.23 bits per heavy atom. The van der Waals surface area contributed by atoms with Crippen molar-refractivity contribution in [2.24, 2.45) is 5.41 Å². The van der Waals surface area contributed by atoms with E-state index in [0.717, 1.165) is 48.9 Å². The van der Waals surface area contributed by atoms with Gasteiger partial charge >= 0.3 is 5.97 Å². The highest BCUT2D eigenvalue weighted by Crippen LogP contribution is 2.65. The van der Waals surface area contributed by atoms with E-state index in [1.807, 2.05) is 41.3 Å². The number of likely N-dealkylation sites (tertiary alicyclic amines) is 1. The molecular weight excluding hydrogens is 394 g/mol. The van der Waals surface area contributed by atoms with E-state index in [0.29, 0.717) is 24.5 Å². The molecule has 6 heteroatoms. The summed E-state index contributed by atoms with van der Waals surface area (Å²) in [5.41, 5.74) is 2.81. The standard InChI is InChI=1S/C25H27NO5/c1-30-22-13-18(19(24(28)29)12-17(22)16-6-3-2-4-7-16)20-14-25(20)9-10-26(15-25)23(27)21-8-5-11-31-21/h2-4,6-7,12-13,20-21H,5,8-11,14-15H2,1H3,(H,28,29)/t20-,21+,25+/m0/s1. The molecule has 2 aromatic rings. The van der Waals surface area contributed by atoms with Gasteiger partial charge in [-0.25, -0.2) is 4.79 Å². The Balaban J connectivity index is 1.43. The number of nitrogens with zero attached hydrogens (tertiary/aromatic N) is 1. The van der Waals surface area contributed by atoms with Gasteiger partial charge in [0.05, 0.1) is 12.7 Å². The molecule has 31 heavy (non-hydrogen) atoms. The molecule has 2 aromatic carbocycles. The molecule has 2 aliphatic heterocycles. The number of carbonyl (C=O) groups excluding carboxylic acids is 1. The molecule has 1 aliphatic carbocycles. The van der Waals surface area contributed by atoms with Crippen LogP contribution in [0.25, 0.3) is 11.1 Å². The Bertz CT molecular complexity index is 1010. The third-order valence-electron chi connectivity index (χ3n) is 7.15.